The van der Waals surface area contributed by atoms with Gasteiger partial charge in [-0.2, -0.15) is 5.26 Å². The van der Waals surface area contributed by atoms with Crippen molar-refractivity contribution in [2.45, 2.75) is 6.42 Å². The van der Waals surface area contributed by atoms with Crippen LogP contribution < -0.4 is 0 Å². The highest BCUT2D eigenvalue weighted by atomic mass is 16.2. The van der Waals surface area contributed by atoms with Crippen molar-refractivity contribution >= 4 is 12.2 Å². The molecule has 94 valence electrons. The number of nitriles is 1. The Morgan fingerprint density at radius 3 is 2.44 bits per heavy atom. The molecule has 0 aliphatic heterocycles. The first-order valence-corrected chi connectivity index (χ1v) is 5.70. The molecule has 0 aromatic heterocycles. The molecular weight excluding hydrogens is 228 g/mol. The monoisotopic (exact) mass is 244 g/mol. The molecule has 0 N–H and O–H groups in total. The third kappa shape index (κ3) is 3.42. The minimum absolute atomic E-state index is 0.328. The van der Waals surface area contributed by atoms with Crippen LogP contribution in [-0.2, 0) is 16.0 Å². The lowest BCUT2D eigenvalue weighted by Crippen LogP contribution is -2.34. The Hall–Kier alpha value is -2.15. The van der Waals surface area contributed by atoms with Crippen molar-refractivity contribution in [3.8, 4) is 6.07 Å². The molecule has 0 spiro atoms. The first-order chi connectivity index (χ1) is 8.60. The molecule has 0 aliphatic carbocycles. The van der Waals surface area contributed by atoms with Gasteiger partial charge in [-0.05, 0) is 12.0 Å². The zero-order chi connectivity index (χ0) is 13.5. The average Bonchev–Trinajstić information content (AvgIpc) is 2.39. The fourth-order valence-electron chi connectivity index (χ4n) is 1.74. The number of aldehydes is 1. The Labute approximate surface area is 107 Å². The molecule has 1 aromatic rings. The maximum absolute atomic E-state index is 11.8. The van der Waals surface area contributed by atoms with Crippen molar-refractivity contribution < 1.29 is 9.59 Å². The molecule has 2 atom stereocenters. The SMILES string of the molecule is CN(C)C(=O)[C@H](C#N)[C@H](C=O)Cc1ccccc1. The number of carbonyl (C=O) groups is 2. The lowest BCUT2D eigenvalue weighted by molar-refractivity contribution is -0.134. The summed E-state index contributed by atoms with van der Waals surface area (Å²) < 4.78 is 0. The van der Waals surface area contributed by atoms with Crippen LogP contribution in [0.15, 0.2) is 30.3 Å². The van der Waals surface area contributed by atoms with E-state index in [-0.39, 0.29) is 5.91 Å². The highest BCUT2D eigenvalue weighted by Crippen LogP contribution is 2.17. The molecule has 0 fully saturated rings. The molecule has 0 radical (unpaired) electrons. The Morgan fingerprint density at radius 1 is 1.39 bits per heavy atom. The molecular formula is C14H16N2O2. The van der Waals surface area contributed by atoms with Gasteiger partial charge in [-0.15, -0.1) is 0 Å². The molecule has 0 saturated heterocycles. The maximum atomic E-state index is 11.8. The lowest BCUT2D eigenvalue weighted by atomic mass is 9.88. The summed E-state index contributed by atoms with van der Waals surface area (Å²) in [6.45, 7) is 0. The number of carbonyl (C=O) groups excluding carboxylic acids is 2. The molecule has 4 nitrogen and oxygen atoms in total. The van der Waals surface area contributed by atoms with Crippen molar-refractivity contribution in [1.82, 2.24) is 4.90 Å². The largest absolute Gasteiger partial charge is 0.348 e. The van der Waals surface area contributed by atoms with Gasteiger partial charge in [0, 0.05) is 20.0 Å². The second-order valence-electron chi connectivity index (χ2n) is 4.33. The van der Waals surface area contributed by atoms with Crippen molar-refractivity contribution in [1.29, 1.82) is 5.26 Å². The summed E-state index contributed by atoms with van der Waals surface area (Å²) in [6.07, 6.45) is 1.10. The van der Waals surface area contributed by atoms with Gasteiger partial charge in [0.25, 0.3) is 0 Å². The van der Waals surface area contributed by atoms with Gasteiger partial charge < -0.3 is 9.69 Å². The van der Waals surface area contributed by atoms with Gasteiger partial charge in [0.05, 0.1) is 6.07 Å². The number of rotatable bonds is 5. The van der Waals surface area contributed by atoms with Crippen molar-refractivity contribution in [2.24, 2.45) is 11.8 Å². The van der Waals surface area contributed by atoms with Crippen LogP contribution in [0.2, 0.25) is 0 Å². The lowest BCUT2D eigenvalue weighted by Gasteiger charge is -2.19. The zero-order valence-electron chi connectivity index (χ0n) is 10.5. The Morgan fingerprint density at radius 2 is 2.00 bits per heavy atom. The number of hydrogen-bond acceptors (Lipinski definition) is 3. The summed E-state index contributed by atoms with van der Waals surface area (Å²) in [6, 6.07) is 11.3. The molecule has 0 heterocycles. The number of benzene rings is 1. The second kappa shape index (κ2) is 6.55. The van der Waals surface area contributed by atoms with E-state index in [1.54, 1.807) is 14.1 Å². The summed E-state index contributed by atoms with van der Waals surface area (Å²) in [5, 5.41) is 9.07. The Bertz CT molecular complexity index is 449. The van der Waals surface area contributed by atoms with Gasteiger partial charge in [-0.1, -0.05) is 30.3 Å². The number of amides is 1. The van der Waals surface area contributed by atoms with Gasteiger partial charge >= 0.3 is 0 Å². The van der Waals surface area contributed by atoms with Crippen molar-refractivity contribution in [3.63, 3.8) is 0 Å². The van der Waals surface area contributed by atoms with E-state index in [1.807, 2.05) is 36.4 Å². The van der Waals surface area contributed by atoms with Crippen LogP contribution in [0, 0.1) is 23.2 Å². The summed E-state index contributed by atoms with van der Waals surface area (Å²) in [4.78, 5) is 24.3. The van der Waals surface area contributed by atoms with Gasteiger partial charge in [0.1, 0.15) is 12.2 Å². The maximum Gasteiger partial charge on any atom is 0.240 e. The zero-order valence-corrected chi connectivity index (χ0v) is 10.5. The molecule has 1 rings (SSSR count). The fraction of sp³-hybridized carbons (Fsp3) is 0.357. The molecule has 0 bridgehead atoms. The van der Waals surface area contributed by atoms with E-state index in [1.165, 1.54) is 4.90 Å². The third-order valence-corrected chi connectivity index (χ3v) is 2.76. The minimum atomic E-state index is -0.919. The van der Waals surface area contributed by atoms with E-state index in [9.17, 15) is 9.59 Å². The van der Waals surface area contributed by atoms with Gasteiger partial charge in [-0.25, -0.2) is 0 Å². The van der Waals surface area contributed by atoms with Crippen molar-refractivity contribution in [3.05, 3.63) is 35.9 Å². The molecule has 18 heavy (non-hydrogen) atoms. The topological polar surface area (TPSA) is 61.2 Å². The van der Waals surface area contributed by atoms with E-state index in [2.05, 4.69) is 0 Å². The van der Waals surface area contributed by atoms with Gasteiger partial charge in [0.2, 0.25) is 5.91 Å². The number of nitrogens with zero attached hydrogens (tertiary/aromatic N) is 2. The summed E-state index contributed by atoms with van der Waals surface area (Å²) in [5.41, 5.74) is 0.946. The van der Waals surface area contributed by atoms with Crippen LogP contribution in [0.3, 0.4) is 0 Å². The van der Waals surface area contributed by atoms with Crippen LogP contribution in [0.25, 0.3) is 0 Å². The summed E-state index contributed by atoms with van der Waals surface area (Å²) in [5.74, 6) is -1.85. The second-order valence-corrected chi connectivity index (χ2v) is 4.33. The van der Waals surface area contributed by atoms with E-state index in [4.69, 9.17) is 5.26 Å². The smallest absolute Gasteiger partial charge is 0.240 e. The normalized spacial score (nSPS) is 13.2. The summed E-state index contributed by atoms with van der Waals surface area (Å²) in [7, 11) is 3.16. The molecule has 1 aromatic carbocycles. The molecule has 4 heteroatoms. The highest BCUT2D eigenvalue weighted by Gasteiger charge is 2.29. The molecule has 0 unspecified atom stereocenters. The molecule has 0 aliphatic rings. The third-order valence-electron chi connectivity index (χ3n) is 2.76. The fourth-order valence-corrected chi connectivity index (χ4v) is 1.74. The predicted octanol–water partition coefficient (Wildman–Crippen LogP) is 1.27. The van der Waals surface area contributed by atoms with E-state index < -0.39 is 11.8 Å². The van der Waals surface area contributed by atoms with Crippen LogP contribution in [0.1, 0.15) is 5.56 Å². The van der Waals surface area contributed by atoms with Gasteiger partial charge in [0.15, 0.2) is 0 Å². The minimum Gasteiger partial charge on any atom is -0.348 e. The highest BCUT2D eigenvalue weighted by molar-refractivity contribution is 5.84. The van der Waals surface area contributed by atoms with Crippen LogP contribution in [0.4, 0.5) is 0 Å². The number of hydrogen-bond donors (Lipinski definition) is 0. The first-order valence-electron chi connectivity index (χ1n) is 5.70. The average molecular weight is 244 g/mol. The summed E-state index contributed by atoms with van der Waals surface area (Å²) >= 11 is 0. The van der Waals surface area contributed by atoms with E-state index >= 15 is 0 Å². The van der Waals surface area contributed by atoms with Gasteiger partial charge in [-0.3, -0.25) is 4.79 Å². The quantitative estimate of drug-likeness (QED) is 0.733. The Balaban J connectivity index is 2.85. The van der Waals surface area contributed by atoms with Crippen molar-refractivity contribution in [2.75, 3.05) is 14.1 Å². The molecule has 1 amide bonds. The van der Waals surface area contributed by atoms with E-state index in [0.717, 1.165) is 5.56 Å². The van der Waals surface area contributed by atoms with Crippen LogP contribution in [0.5, 0.6) is 0 Å². The van der Waals surface area contributed by atoms with E-state index in [0.29, 0.717) is 12.7 Å². The van der Waals surface area contributed by atoms with Crippen LogP contribution >= 0.6 is 0 Å². The van der Waals surface area contributed by atoms with Crippen LogP contribution in [-0.4, -0.2) is 31.2 Å². The standard InChI is InChI=1S/C14H16N2O2/c1-16(2)14(18)13(9-15)12(10-17)8-11-6-4-3-5-7-11/h3-7,10,12-13H,8H2,1-2H3/t12-,13+/m0/s1. The molecule has 0 saturated carbocycles. The predicted molar refractivity (Wildman–Crippen MR) is 67.5 cm³/mol. The first kappa shape index (κ1) is 13.9. The Kier molecular flexibility index (Phi) is 5.06.